The second-order valence-corrected chi connectivity index (χ2v) is 5.16. The Morgan fingerprint density at radius 1 is 1.00 bits per heavy atom. The summed E-state index contributed by atoms with van der Waals surface area (Å²) in [5.74, 6) is -0.0976. The van der Waals surface area contributed by atoms with Crippen molar-refractivity contribution in [3.63, 3.8) is 0 Å². The number of carbonyl (C=O) groups is 1. The first-order valence-corrected chi connectivity index (χ1v) is 6.50. The summed E-state index contributed by atoms with van der Waals surface area (Å²) in [5.41, 5.74) is 3.73. The maximum atomic E-state index is 12.0. The van der Waals surface area contributed by atoms with Crippen molar-refractivity contribution in [2.75, 3.05) is 5.32 Å². The van der Waals surface area contributed by atoms with Gasteiger partial charge in [-0.25, -0.2) is 0 Å². The van der Waals surface area contributed by atoms with E-state index in [0.29, 0.717) is 5.56 Å². The molecule has 1 amide bonds. The van der Waals surface area contributed by atoms with Gasteiger partial charge in [0.25, 0.3) is 5.91 Å². The Kier molecular flexibility index (Phi) is 3.82. The van der Waals surface area contributed by atoms with Crippen molar-refractivity contribution in [2.45, 2.75) is 13.8 Å². The van der Waals surface area contributed by atoms with Crippen LogP contribution in [0.5, 0.6) is 0 Å². The highest BCUT2D eigenvalue weighted by Crippen LogP contribution is 2.23. The van der Waals surface area contributed by atoms with Gasteiger partial charge in [0.1, 0.15) is 0 Å². The fourth-order valence-corrected chi connectivity index (χ4v) is 2.21. The Labute approximate surface area is 115 Å². The van der Waals surface area contributed by atoms with Gasteiger partial charge in [0.05, 0.1) is 5.69 Å². The standard InChI is InChI=1S/C15H14BrNO/c1-10-3-6-12(7-4-10)15(18)17-14-8-5-11(2)9-13(14)16/h3-9H,1-2H3,(H,17,18). The van der Waals surface area contributed by atoms with Crippen molar-refractivity contribution < 1.29 is 4.79 Å². The van der Waals surface area contributed by atoms with Crippen LogP contribution in [-0.2, 0) is 0 Å². The molecule has 2 aromatic carbocycles. The van der Waals surface area contributed by atoms with Gasteiger partial charge in [-0.15, -0.1) is 0 Å². The summed E-state index contributed by atoms with van der Waals surface area (Å²) in [6, 6.07) is 13.4. The number of benzene rings is 2. The number of hydrogen-bond acceptors (Lipinski definition) is 1. The van der Waals surface area contributed by atoms with Crippen molar-refractivity contribution in [1.29, 1.82) is 0 Å². The zero-order valence-corrected chi connectivity index (χ0v) is 11.9. The van der Waals surface area contributed by atoms with E-state index in [1.54, 1.807) is 0 Å². The van der Waals surface area contributed by atoms with Crippen molar-refractivity contribution in [3.8, 4) is 0 Å². The van der Waals surface area contributed by atoms with Gasteiger partial charge >= 0.3 is 0 Å². The molecule has 1 N–H and O–H groups in total. The zero-order valence-electron chi connectivity index (χ0n) is 10.3. The van der Waals surface area contributed by atoms with E-state index in [4.69, 9.17) is 0 Å². The number of halogens is 1. The number of carbonyl (C=O) groups excluding carboxylic acids is 1. The topological polar surface area (TPSA) is 29.1 Å². The number of rotatable bonds is 2. The van der Waals surface area contributed by atoms with Gasteiger partial charge in [0.15, 0.2) is 0 Å². The lowest BCUT2D eigenvalue weighted by atomic mass is 10.1. The molecule has 0 unspecified atom stereocenters. The lowest BCUT2D eigenvalue weighted by molar-refractivity contribution is 0.102. The Hall–Kier alpha value is -1.61. The van der Waals surface area contributed by atoms with Crippen LogP contribution in [-0.4, -0.2) is 5.91 Å². The molecule has 0 radical (unpaired) electrons. The van der Waals surface area contributed by atoms with Gasteiger partial charge in [0, 0.05) is 10.0 Å². The molecule has 0 atom stereocenters. The molecule has 0 bridgehead atoms. The number of hydrogen-bond donors (Lipinski definition) is 1. The molecule has 0 aliphatic carbocycles. The van der Waals surface area contributed by atoms with E-state index in [-0.39, 0.29) is 5.91 Å². The second kappa shape index (κ2) is 5.36. The lowest BCUT2D eigenvalue weighted by Gasteiger charge is -2.08. The highest BCUT2D eigenvalue weighted by molar-refractivity contribution is 9.10. The van der Waals surface area contributed by atoms with Crippen LogP contribution in [0.2, 0.25) is 0 Å². The van der Waals surface area contributed by atoms with Gasteiger partial charge in [-0.2, -0.15) is 0 Å². The maximum absolute atomic E-state index is 12.0. The summed E-state index contributed by atoms with van der Waals surface area (Å²) in [6.07, 6.45) is 0. The minimum atomic E-state index is -0.0976. The number of anilines is 1. The smallest absolute Gasteiger partial charge is 0.255 e. The fourth-order valence-electron chi connectivity index (χ4n) is 1.62. The first-order chi connectivity index (χ1) is 8.56. The molecule has 3 heteroatoms. The molecule has 0 aliphatic rings. The predicted molar refractivity (Wildman–Crippen MR) is 78.0 cm³/mol. The SMILES string of the molecule is Cc1ccc(C(=O)Nc2ccc(C)cc2Br)cc1. The van der Waals surface area contributed by atoms with E-state index >= 15 is 0 Å². The molecular formula is C15H14BrNO. The van der Waals surface area contributed by atoms with E-state index in [9.17, 15) is 4.79 Å². The minimum Gasteiger partial charge on any atom is -0.321 e. The van der Waals surface area contributed by atoms with Crippen LogP contribution in [0.3, 0.4) is 0 Å². The summed E-state index contributed by atoms with van der Waals surface area (Å²) in [5, 5.41) is 2.89. The van der Waals surface area contributed by atoms with Crippen LogP contribution in [0.25, 0.3) is 0 Å². The predicted octanol–water partition coefficient (Wildman–Crippen LogP) is 4.32. The second-order valence-electron chi connectivity index (χ2n) is 4.30. The van der Waals surface area contributed by atoms with Gasteiger partial charge in [-0.3, -0.25) is 4.79 Å². The summed E-state index contributed by atoms with van der Waals surface area (Å²) in [6.45, 7) is 4.01. The maximum Gasteiger partial charge on any atom is 0.255 e. The Morgan fingerprint density at radius 2 is 1.61 bits per heavy atom. The molecule has 2 rings (SSSR count). The fraction of sp³-hybridized carbons (Fsp3) is 0.133. The van der Waals surface area contributed by atoms with Gasteiger partial charge in [-0.05, 0) is 59.6 Å². The van der Waals surface area contributed by atoms with Crippen LogP contribution in [0.1, 0.15) is 21.5 Å². The summed E-state index contributed by atoms with van der Waals surface area (Å²) >= 11 is 3.45. The van der Waals surface area contributed by atoms with Crippen molar-refractivity contribution in [3.05, 3.63) is 63.6 Å². The summed E-state index contributed by atoms with van der Waals surface area (Å²) < 4.78 is 0.892. The van der Waals surface area contributed by atoms with Gasteiger partial charge in [-0.1, -0.05) is 23.8 Å². The number of nitrogens with one attached hydrogen (secondary N) is 1. The molecule has 18 heavy (non-hydrogen) atoms. The molecular weight excluding hydrogens is 290 g/mol. The highest BCUT2D eigenvalue weighted by atomic mass is 79.9. The van der Waals surface area contributed by atoms with Crippen molar-refractivity contribution in [1.82, 2.24) is 0 Å². The minimum absolute atomic E-state index is 0.0976. The molecule has 2 aromatic rings. The molecule has 0 aromatic heterocycles. The van der Waals surface area contributed by atoms with Crippen LogP contribution in [0, 0.1) is 13.8 Å². The Balaban J connectivity index is 2.18. The van der Waals surface area contributed by atoms with E-state index in [0.717, 1.165) is 21.3 Å². The number of aryl methyl sites for hydroxylation is 2. The lowest BCUT2D eigenvalue weighted by Crippen LogP contribution is -2.12. The third-order valence-corrected chi connectivity index (χ3v) is 3.34. The Morgan fingerprint density at radius 3 is 2.22 bits per heavy atom. The molecule has 0 saturated carbocycles. The molecule has 0 saturated heterocycles. The quantitative estimate of drug-likeness (QED) is 0.879. The molecule has 92 valence electrons. The zero-order chi connectivity index (χ0) is 13.1. The average Bonchev–Trinajstić information content (AvgIpc) is 2.33. The van der Waals surface area contributed by atoms with Crippen molar-refractivity contribution >= 4 is 27.5 Å². The van der Waals surface area contributed by atoms with E-state index < -0.39 is 0 Å². The number of amides is 1. The van der Waals surface area contributed by atoms with E-state index in [2.05, 4.69) is 21.2 Å². The van der Waals surface area contributed by atoms with Crippen LogP contribution < -0.4 is 5.32 Å². The van der Waals surface area contributed by atoms with E-state index in [1.807, 2.05) is 56.3 Å². The van der Waals surface area contributed by atoms with Crippen LogP contribution in [0.4, 0.5) is 5.69 Å². The van der Waals surface area contributed by atoms with Gasteiger partial charge in [0.2, 0.25) is 0 Å². The largest absolute Gasteiger partial charge is 0.321 e. The third-order valence-electron chi connectivity index (χ3n) is 2.69. The average molecular weight is 304 g/mol. The molecule has 0 heterocycles. The summed E-state index contributed by atoms with van der Waals surface area (Å²) in [4.78, 5) is 12.0. The first kappa shape index (κ1) is 12.8. The highest BCUT2D eigenvalue weighted by Gasteiger charge is 2.07. The third kappa shape index (κ3) is 2.99. The van der Waals surface area contributed by atoms with Crippen LogP contribution >= 0.6 is 15.9 Å². The molecule has 0 aliphatic heterocycles. The van der Waals surface area contributed by atoms with Crippen molar-refractivity contribution in [2.24, 2.45) is 0 Å². The monoisotopic (exact) mass is 303 g/mol. The van der Waals surface area contributed by atoms with Crippen LogP contribution in [0.15, 0.2) is 46.9 Å². The Bertz CT molecular complexity index is 576. The molecule has 0 spiro atoms. The van der Waals surface area contributed by atoms with E-state index in [1.165, 1.54) is 0 Å². The molecule has 0 fully saturated rings. The normalized spacial score (nSPS) is 10.2. The van der Waals surface area contributed by atoms with Gasteiger partial charge < -0.3 is 5.32 Å². The first-order valence-electron chi connectivity index (χ1n) is 5.70. The molecule has 2 nitrogen and oxygen atoms in total. The summed E-state index contributed by atoms with van der Waals surface area (Å²) in [7, 11) is 0.